The number of cyclic esters (lactones) is 2. The third-order valence-corrected chi connectivity index (χ3v) is 2.10. The van der Waals surface area contributed by atoms with Gasteiger partial charge in [0, 0.05) is 12.8 Å². The standard InChI is InChI=1S/C10H10O4/c11-9-5-3-7(13-9)1-2-8-4-6-10(12)14-8/h1-2H,3-6H2/b7-1-,8-2-. The molecule has 0 aromatic carbocycles. The van der Waals surface area contributed by atoms with Gasteiger partial charge in [0.05, 0.1) is 12.8 Å². The van der Waals surface area contributed by atoms with Crippen LogP contribution in [0.3, 0.4) is 0 Å². The number of ether oxygens (including phenoxy) is 2. The van der Waals surface area contributed by atoms with Gasteiger partial charge in [-0.1, -0.05) is 0 Å². The summed E-state index contributed by atoms with van der Waals surface area (Å²) in [4.78, 5) is 21.5. The highest BCUT2D eigenvalue weighted by Gasteiger charge is 2.18. The molecule has 2 heterocycles. The smallest absolute Gasteiger partial charge is 0.311 e. The molecule has 0 aromatic rings. The molecule has 2 fully saturated rings. The maximum absolute atomic E-state index is 10.7. The predicted molar refractivity (Wildman–Crippen MR) is 46.8 cm³/mol. The van der Waals surface area contributed by atoms with E-state index in [0.29, 0.717) is 37.2 Å². The number of hydrogen-bond acceptors (Lipinski definition) is 4. The summed E-state index contributed by atoms with van der Waals surface area (Å²) < 4.78 is 9.77. The van der Waals surface area contributed by atoms with Crippen LogP contribution in [0.15, 0.2) is 23.7 Å². The molecule has 0 amide bonds. The second-order valence-corrected chi connectivity index (χ2v) is 3.21. The number of esters is 2. The van der Waals surface area contributed by atoms with Gasteiger partial charge in [-0.3, -0.25) is 9.59 Å². The molecular weight excluding hydrogens is 184 g/mol. The summed E-state index contributed by atoms with van der Waals surface area (Å²) in [5.41, 5.74) is 0. The molecule has 74 valence electrons. The van der Waals surface area contributed by atoms with Gasteiger partial charge in [-0.05, 0) is 12.2 Å². The molecule has 0 bridgehead atoms. The average Bonchev–Trinajstić information content (AvgIpc) is 2.72. The zero-order chi connectivity index (χ0) is 9.97. The topological polar surface area (TPSA) is 52.6 Å². The lowest BCUT2D eigenvalue weighted by molar-refractivity contribution is -0.136. The zero-order valence-corrected chi connectivity index (χ0v) is 7.62. The minimum absolute atomic E-state index is 0.196. The minimum Gasteiger partial charge on any atom is -0.431 e. The van der Waals surface area contributed by atoms with Gasteiger partial charge < -0.3 is 9.47 Å². The summed E-state index contributed by atoms with van der Waals surface area (Å²) in [5, 5.41) is 0. The van der Waals surface area contributed by atoms with Gasteiger partial charge in [0.25, 0.3) is 0 Å². The minimum atomic E-state index is -0.196. The number of allylic oxidation sites excluding steroid dienone is 4. The Bertz CT molecular complexity index is 304. The normalized spacial score (nSPS) is 27.1. The van der Waals surface area contributed by atoms with Crippen LogP contribution in [-0.4, -0.2) is 11.9 Å². The van der Waals surface area contributed by atoms with Crippen molar-refractivity contribution >= 4 is 11.9 Å². The van der Waals surface area contributed by atoms with Crippen LogP contribution in [0.2, 0.25) is 0 Å². The number of rotatable bonds is 1. The number of hydrogen-bond donors (Lipinski definition) is 0. The summed E-state index contributed by atoms with van der Waals surface area (Å²) in [6.45, 7) is 0. The first-order valence-electron chi connectivity index (χ1n) is 4.55. The Morgan fingerprint density at radius 1 is 0.786 bits per heavy atom. The molecule has 0 unspecified atom stereocenters. The van der Waals surface area contributed by atoms with Crippen LogP contribution in [0.4, 0.5) is 0 Å². The lowest BCUT2D eigenvalue weighted by Gasteiger charge is -1.94. The van der Waals surface area contributed by atoms with Crippen molar-refractivity contribution in [1.82, 2.24) is 0 Å². The highest BCUT2D eigenvalue weighted by atomic mass is 16.5. The largest absolute Gasteiger partial charge is 0.431 e. The van der Waals surface area contributed by atoms with Crippen LogP contribution < -0.4 is 0 Å². The average molecular weight is 194 g/mol. The molecule has 2 aliphatic rings. The van der Waals surface area contributed by atoms with E-state index in [2.05, 4.69) is 0 Å². The molecule has 2 rings (SSSR count). The predicted octanol–water partition coefficient (Wildman–Crippen LogP) is 1.43. The number of carbonyl (C=O) groups excluding carboxylic acids is 2. The third-order valence-electron chi connectivity index (χ3n) is 2.10. The van der Waals surface area contributed by atoms with Gasteiger partial charge in [0.15, 0.2) is 0 Å². The van der Waals surface area contributed by atoms with Crippen LogP contribution in [0.1, 0.15) is 25.7 Å². The van der Waals surface area contributed by atoms with Gasteiger partial charge >= 0.3 is 11.9 Å². The SMILES string of the molecule is O=C1CC/C(=C/C=C2/CCC(=O)O2)O1. The van der Waals surface area contributed by atoms with Gasteiger partial charge in [-0.25, -0.2) is 0 Å². The molecular formula is C10H10O4. The fourth-order valence-electron chi connectivity index (χ4n) is 1.37. The van der Waals surface area contributed by atoms with Crippen LogP contribution >= 0.6 is 0 Å². The molecule has 0 N–H and O–H groups in total. The Labute approximate surface area is 81.2 Å². The van der Waals surface area contributed by atoms with E-state index in [1.165, 1.54) is 0 Å². The molecule has 14 heavy (non-hydrogen) atoms. The van der Waals surface area contributed by atoms with E-state index < -0.39 is 0 Å². The second-order valence-electron chi connectivity index (χ2n) is 3.21. The van der Waals surface area contributed by atoms with Crippen molar-refractivity contribution in [2.45, 2.75) is 25.7 Å². The molecule has 0 spiro atoms. The van der Waals surface area contributed by atoms with E-state index in [9.17, 15) is 9.59 Å². The summed E-state index contributed by atoms with van der Waals surface area (Å²) in [6, 6.07) is 0. The van der Waals surface area contributed by atoms with E-state index in [1.807, 2.05) is 0 Å². The van der Waals surface area contributed by atoms with Gasteiger partial charge in [0.1, 0.15) is 11.5 Å². The van der Waals surface area contributed by atoms with Gasteiger partial charge in [0.2, 0.25) is 0 Å². The van der Waals surface area contributed by atoms with Crippen molar-refractivity contribution < 1.29 is 19.1 Å². The van der Waals surface area contributed by atoms with Crippen LogP contribution in [0, 0.1) is 0 Å². The zero-order valence-electron chi connectivity index (χ0n) is 7.62. The number of carbonyl (C=O) groups is 2. The fourth-order valence-corrected chi connectivity index (χ4v) is 1.37. The Morgan fingerprint density at radius 2 is 1.21 bits per heavy atom. The van der Waals surface area contributed by atoms with Crippen LogP contribution in [-0.2, 0) is 19.1 Å². The highest BCUT2D eigenvalue weighted by Crippen LogP contribution is 2.21. The Balaban J connectivity index is 1.98. The molecule has 0 aliphatic carbocycles. The van der Waals surface area contributed by atoms with E-state index in [1.54, 1.807) is 12.2 Å². The Hall–Kier alpha value is -1.58. The molecule has 4 nitrogen and oxygen atoms in total. The molecule has 0 atom stereocenters. The fraction of sp³-hybridized carbons (Fsp3) is 0.400. The van der Waals surface area contributed by atoms with Crippen molar-refractivity contribution in [3.63, 3.8) is 0 Å². The lowest BCUT2D eigenvalue weighted by atomic mass is 10.2. The van der Waals surface area contributed by atoms with Gasteiger partial charge in [-0.2, -0.15) is 0 Å². The van der Waals surface area contributed by atoms with E-state index in [-0.39, 0.29) is 11.9 Å². The first-order chi connectivity index (χ1) is 6.74. The van der Waals surface area contributed by atoms with Crippen molar-refractivity contribution in [1.29, 1.82) is 0 Å². The molecule has 2 saturated heterocycles. The molecule has 2 aliphatic heterocycles. The monoisotopic (exact) mass is 194 g/mol. The van der Waals surface area contributed by atoms with Crippen LogP contribution in [0.25, 0.3) is 0 Å². The molecule has 0 radical (unpaired) electrons. The third kappa shape index (κ3) is 2.02. The van der Waals surface area contributed by atoms with Crippen molar-refractivity contribution in [2.24, 2.45) is 0 Å². The van der Waals surface area contributed by atoms with Crippen LogP contribution in [0.5, 0.6) is 0 Å². The summed E-state index contributed by atoms with van der Waals surface area (Å²) >= 11 is 0. The lowest BCUT2D eigenvalue weighted by Crippen LogP contribution is -1.90. The van der Waals surface area contributed by atoms with E-state index in [0.717, 1.165) is 0 Å². The summed E-state index contributed by atoms with van der Waals surface area (Å²) in [6.07, 6.45) is 5.54. The van der Waals surface area contributed by atoms with Crippen molar-refractivity contribution in [2.75, 3.05) is 0 Å². The van der Waals surface area contributed by atoms with Gasteiger partial charge in [-0.15, -0.1) is 0 Å². The molecule has 0 saturated carbocycles. The maximum atomic E-state index is 10.7. The molecule has 0 aromatic heterocycles. The first kappa shape index (κ1) is 8.99. The van der Waals surface area contributed by atoms with Crippen molar-refractivity contribution in [3.05, 3.63) is 23.7 Å². The quantitative estimate of drug-likeness (QED) is 0.592. The van der Waals surface area contributed by atoms with Crippen molar-refractivity contribution in [3.8, 4) is 0 Å². The van der Waals surface area contributed by atoms with E-state index >= 15 is 0 Å². The second kappa shape index (κ2) is 3.65. The maximum Gasteiger partial charge on any atom is 0.311 e. The molecule has 4 heteroatoms. The first-order valence-corrected chi connectivity index (χ1v) is 4.55. The van der Waals surface area contributed by atoms with E-state index in [4.69, 9.17) is 9.47 Å². The highest BCUT2D eigenvalue weighted by molar-refractivity contribution is 5.74. The summed E-state index contributed by atoms with van der Waals surface area (Å²) in [5.74, 6) is 0.895. The summed E-state index contributed by atoms with van der Waals surface area (Å²) in [7, 11) is 0. The Kier molecular flexibility index (Phi) is 2.35. The Morgan fingerprint density at radius 3 is 1.50 bits per heavy atom.